The Kier molecular flexibility index (Phi) is 6.37. The smallest absolute Gasteiger partial charge is 0.121 e. The first kappa shape index (κ1) is 20.4. The second kappa shape index (κ2) is 8.76. The number of rotatable bonds is 8. The van der Waals surface area contributed by atoms with E-state index in [-0.39, 0.29) is 0 Å². The van der Waals surface area contributed by atoms with E-state index in [0.29, 0.717) is 25.3 Å². The summed E-state index contributed by atoms with van der Waals surface area (Å²) >= 11 is 0. The van der Waals surface area contributed by atoms with Gasteiger partial charge in [0.1, 0.15) is 24.7 Å². The lowest BCUT2D eigenvalue weighted by Gasteiger charge is -2.20. The fraction of sp³-hybridized carbons (Fsp3) is 0.435. The molecule has 3 rings (SSSR count). The average Bonchev–Trinajstić information content (AvgIpc) is 2.67. The second-order valence-corrected chi connectivity index (χ2v) is 7.94. The highest BCUT2D eigenvalue weighted by molar-refractivity contribution is 5.93. The van der Waals surface area contributed by atoms with Crippen molar-refractivity contribution in [2.75, 3.05) is 41.4 Å². The molecule has 0 radical (unpaired) electrons. The van der Waals surface area contributed by atoms with Gasteiger partial charge >= 0.3 is 0 Å². The van der Waals surface area contributed by atoms with Gasteiger partial charge in [-0.3, -0.25) is 0 Å². The van der Waals surface area contributed by atoms with E-state index in [4.69, 9.17) is 14.5 Å². The normalized spacial score (nSPS) is 14.0. The monoisotopic (exact) mass is 381 g/mol. The van der Waals surface area contributed by atoms with Gasteiger partial charge in [-0.15, -0.1) is 0 Å². The molecule has 1 heterocycles. The van der Waals surface area contributed by atoms with Crippen molar-refractivity contribution in [3.63, 3.8) is 0 Å². The third-order valence-electron chi connectivity index (χ3n) is 5.30. The lowest BCUT2D eigenvalue weighted by atomic mass is 10.1. The molecule has 0 fully saturated rings. The minimum Gasteiger partial charge on any atom is -0.492 e. The van der Waals surface area contributed by atoms with Crippen LogP contribution in [0.25, 0.3) is 21.8 Å². The molecule has 5 heteroatoms. The highest BCUT2D eigenvalue weighted by Crippen LogP contribution is 2.26. The highest BCUT2D eigenvalue weighted by atomic mass is 16.5. The van der Waals surface area contributed by atoms with Crippen LogP contribution in [-0.4, -0.2) is 68.3 Å². The van der Waals surface area contributed by atoms with Crippen LogP contribution in [0.1, 0.15) is 13.8 Å². The minimum absolute atomic E-state index is 0.351. The number of likely N-dealkylation sites (N-methyl/N-ethyl adjacent to an activating group) is 2. The Labute approximate surface area is 167 Å². The van der Waals surface area contributed by atoms with Crippen LogP contribution >= 0.6 is 0 Å². The highest BCUT2D eigenvalue weighted by Gasteiger charge is 2.09. The zero-order valence-electron chi connectivity index (χ0n) is 17.8. The van der Waals surface area contributed by atoms with Crippen molar-refractivity contribution in [1.82, 2.24) is 14.8 Å². The number of ether oxygens (including phenoxy) is 2. The fourth-order valence-corrected chi connectivity index (χ4v) is 2.69. The summed E-state index contributed by atoms with van der Waals surface area (Å²) in [6, 6.07) is 15.1. The molecule has 28 heavy (non-hydrogen) atoms. The number of hydrogen-bond donors (Lipinski definition) is 0. The van der Waals surface area contributed by atoms with Crippen LogP contribution < -0.4 is 9.47 Å². The van der Waals surface area contributed by atoms with E-state index in [2.05, 4.69) is 70.0 Å². The standard InChI is InChI=1S/C23H31N3O2/c1-16(25(3)4)14-27-20-9-7-18-11-19-8-10-21(28-15-17(2)26(5)6)13-23(19)24-22(18)12-20/h7-13,16-17H,14-15H2,1-6H3. The third-order valence-corrected chi connectivity index (χ3v) is 5.30. The van der Waals surface area contributed by atoms with E-state index >= 15 is 0 Å². The van der Waals surface area contributed by atoms with Crippen molar-refractivity contribution in [2.45, 2.75) is 25.9 Å². The summed E-state index contributed by atoms with van der Waals surface area (Å²) < 4.78 is 11.9. The molecule has 0 amide bonds. The van der Waals surface area contributed by atoms with E-state index < -0.39 is 0 Å². The molecule has 5 nitrogen and oxygen atoms in total. The predicted octanol–water partition coefficient (Wildman–Crippen LogP) is 4.05. The van der Waals surface area contributed by atoms with Gasteiger partial charge in [-0.1, -0.05) is 0 Å². The number of benzene rings is 2. The van der Waals surface area contributed by atoms with Gasteiger partial charge in [0.25, 0.3) is 0 Å². The fourth-order valence-electron chi connectivity index (χ4n) is 2.69. The first-order chi connectivity index (χ1) is 13.3. The molecule has 150 valence electrons. The molecule has 0 aliphatic carbocycles. The van der Waals surface area contributed by atoms with E-state index in [1.165, 1.54) is 0 Å². The van der Waals surface area contributed by atoms with Gasteiger partial charge in [0.05, 0.1) is 11.0 Å². The topological polar surface area (TPSA) is 37.8 Å². The van der Waals surface area contributed by atoms with Crippen molar-refractivity contribution < 1.29 is 9.47 Å². The maximum absolute atomic E-state index is 5.95. The predicted molar refractivity (Wildman–Crippen MR) is 117 cm³/mol. The molecule has 0 spiro atoms. The summed E-state index contributed by atoms with van der Waals surface area (Å²) in [4.78, 5) is 9.13. The average molecular weight is 382 g/mol. The molecular weight excluding hydrogens is 350 g/mol. The van der Waals surface area contributed by atoms with Crippen LogP contribution in [0.2, 0.25) is 0 Å². The van der Waals surface area contributed by atoms with Gasteiger partial charge < -0.3 is 19.3 Å². The molecule has 0 saturated heterocycles. The van der Waals surface area contributed by atoms with E-state index in [1.807, 2.05) is 24.3 Å². The van der Waals surface area contributed by atoms with Gasteiger partial charge in [-0.25, -0.2) is 4.98 Å². The number of aromatic nitrogens is 1. The summed E-state index contributed by atoms with van der Waals surface area (Å²) in [5.74, 6) is 1.69. The first-order valence-corrected chi connectivity index (χ1v) is 9.76. The number of fused-ring (bicyclic) bond motifs is 2. The van der Waals surface area contributed by atoms with Crippen LogP contribution in [0.4, 0.5) is 0 Å². The maximum atomic E-state index is 5.95. The molecule has 0 bridgehead atoms. The van der Waals surface area contributed by atoms with Crippen molar-refractivity contribution in [3.05, 3.63) is 42.5 Å². The van der Waals surface area contributed by atoms with Crippen LogP contribution in [0.15, 0.2) is 42.5 Å². The van der Waals surface area contributed by atoms with Crippen molar-refractivity contribution in [2.24, 2.45) is 0 Å². The summed E-state index contributed by atoms with van der Waals surface area (Å²) in [5.41, 5.74) is 1.86. The van der Waals surface area contributed by atoms with Crippen molar-refractivity contribution >= 4 is 21.8 Å². The van der Waals surface area contributed by atoms with Crippen LogP contribution in [0, 0.1) is 0 Å². The molecular formula is C23H31N3O2. The number of nitrogens with zero attached hydrogens (tertiary/aromatic N) is 3. The summed E-state index contributed by atoms with van der Waals surface area (Å²) in [7, 11) is 8.23. The summed E-state index contributed by atoms with van der Waals surface area (Å²) in [5, 5.41) is 2.21. The molecule has 0 aliphatic heterocycles. The lowest BCUT2D eigenvalue weighted by molar-refractivity contribution is 0.198. The van der Waals surface area contributed by atoms with E-state index in [1.54, 1.807) is 0 Å². The molecule has 2 aromatic carbocycles. The van der Waals surface area contributed by atoms with Gasteiger partial charge in [-0.05, 0) is 72.4 Å². The number of hydrogen-bond acceptors (Lipinski definition) is 5. The Morgan fingerprint density at radius 1 is 0.714 bits per heavy atom. The van der Waals surface area contributed by atoms with Crippen LogP contribution in [0.3, 0.4) is 0 Å². The third kappa shape index (κ3) is 4.91. The second-order valence-electron chi connectivity index (χ2n) is 7.94. The molecule has 2 atom stereocenters. The van der Waals surface area contributed by atoms with E-state index in [0.717, 1.165) is 33.3 Å². The van der Waals surface area contributed by atoms with Gasteiger partial charge in [0, 0.05) is 35.0 Å². The van der Waals surface area contributed by atoms with Gasteiger partial charge in [-0.2, -0.15) is 0 Å². The summed E-state index contributed by atoms with van der Waals surface area (Å²) in [6.07, 6.45) is 0. The quantitative estimate of drug-likeness (QED) is 0.551. The summed E-state index contributed by atoms with van der Waals surface area (Å²) in [6.45, 7) is 5.58. The minimum atomic E-state index is 0.351. The van der Waals surface area contributed by atoms with Gasteiger partial charge in [0.2, 0.25) is 0 Å². The van der Waals surface area contributed by atoms with Crippen LogP contribution in [-0.2, 0) is 0 Å². The SMILES string of the molecule is CC(COc1ccc2cc3ccc(OCC(C)N(C)C)cc3nc2c1)N(C)C. The Hall–Kier alpha value is -2.37. The first-order valence-electron chi connectivity index (χ1n) is 9.76. The largest absolute Gasteiger partial charge is 0.492 e. The molecule has 0 saturated carbocycles. The number of pyridine rings is 1. The Morgan fingerprint density at radius 2 is 1.14 bits per heavy atom. The molecule has 1 aromatic heterocycles. The molecule has 2 unspecified atom stereocenters. The Morgan fingerprint density at radius 3 is 1.54 bits per heavy atom. The molecule has 0 N–H and O–H groups in total. The lowest BCUT2D eigenvalue weighted by Crippen LogP contribution is -2.30. The van der Waals surface area contributed by atoms with Crippen LogP contribution in [0.5, 0.6) is 11.5 Å². The molecule has 0 aliphatic rings. The maximum Gasteiger partial charge on any atom is 0.121 e. The zero-order valence-corrected chi connectivity index (χ0v) is 17.8. The van der Waals surface area contributed by atoms with Crippen molar-refractivity contribution in [3.8, 4) is 11.5 Å². The van der Waals surface area contributed by atoms with Gasteiger partial charge in [0.15, 0.2) is 0 Å². The molecule has 3 aromatic rings. The van der Waals surface area contributed by atoms with E-state index in [9.17, 15) is 0 Å². The zero-order chi connectivity index (χ0) is 20.3. The Balaban J connectivity index is 1.81. The van der Waals surface area contributed by atoms with Crippen molar-refractivity contribution in [1.29, 1.82) is 0 Å². The Bertz CT molecular complexity index is 867.